The third kappa shape index (κ3) is 4.16. The average molecular weight is 464 g/mol. The monoisotopic (exact) mass is 463 g/mol. The zero-order valence-electron chi connectivity index (χ0n) is 16.7. The van der Waals surface area contributed by atoms with E-state index in [1.807, 2.05) is 54.4 Å². The molecule has 2 aromatic carbocycles. The van der Waals surface area contributed by atoms with Crippen LogP contribution in [0, 0.1) is 11.3 Å². The van der Waals surface area contributed by atoms with Crippen LogP contribution in [0.15, 0.2) is 59.1 Å². The Hall–Kier alpha value is -2.95. The summed E-state index contributed by atoms with van der Waals surface area (Å²) in [5.74, 6) is -0.0549. The number of nitrogens with one attached hydrogen (secondary N) is 1. The van der Waals surface area contributed by atoms with Gasteiger partial charge in [-0.15, -0.1) is 0 Å². The fourth-order valence-electron chi connectivity index (χ4n) is 3.75. The van der Waals surface area contributed by atoms with Crippen LogP contribution in [0.1, 0.15) is 28.9 Å². The molecule has 6 nitrogen and oxygen atoms in total. The molecule has 4 rings (SSSR count). The van der Waals surface area contributed by atoms with Crippen molar-refractivity contribution in [3.05, 3.63) is 70.3 Å². The summed E-state index contributed by atoms with van der Waals surface area (Å²) in [5, 5.41) is 17.0. The quantitative estimate of drug-likeness (QED) is 0.634. The standard InChI is InChI=1S/C23H22BrN5O/c1-26-19-3-2-12-28(15-19)23(30)21-13-22(17-6-4-16(14-25)5-7-17)29(27-21)20-10-8-18(24)9-11-20/h4-11,13,19,26H,2-3,12,15H2,1H3/t19-/m1/s1. The Bertz CT molecular complexity index is 1080. The highest BCUT2D eigenvalue weighted by Gasteiger charge is 2.26. The molecule has 2 heterocycles. The van der Waals surface area contributed by atoms with E-state index in [2.05, 4.69) is 32.4 Å². The van der Waals surface area contributed by atoms with Crippen molar-refractivity contribution in [1.82, 2.24) is 20.0 Å². The molecule has 1 aliphatic heterocycles. The van der Waals surface area contributed by atoms with Gasteiger partial charge < -0.3 is 10.2 Å². The van der Waals surface area contributed by atoms with Gasteiger partial charge in [-0.3, -0.25) is 4.79 Å². The number of carbonyl (C=O) groups is 1. The van der Waals surface area contributed by atoms with Crippen molar-refractivity contribution in [2.24, 2.45) is 0 Å². The number of likely N-dealkylation sites (tertiary alicyclic amines) is 1. The summed E-state index contributed by atoms with van der Waals surface area (Å²) in [4.78, 5) is 15.1. The first kappa shape index (κ1) is 20.3. The summed E-state index contributed by atoms with van der Waals surface area (Å²) < 4.78 is 2.77. The van der Waals surface area contributed by atoms with Gasteiger partial charge in [-0.05, 0) is 62.4 Å². The SMILES string of the molecule is CN[C@@H]1CCCN(C(=O)c2cc(-c3ccc(C#N)cc3)n(-c3ccc(Br)cc3)n2)C1. The fraction of sp³-hybridized carbons (Fsp3) is 0.261. The number of carbonyl (C=O) groups excluding carboxylic acids is 1. The second-order valence-electron chi connectivity index (χ2n) is 7.37. The van der Waals surface area contributed by atoms with Gasteiger partial charge in [0.1, 0.15) is 0 Å². The van der Waals surface area contributed by atoms with Crippen LogP contribution in [0.3, 0.4) is 0 Å². The first-order valence-corrected chi connectivity index (χ1v) is 10.7. The number of hydrogen-bond acceptors (Lipinski definition) is 4. The lowest BCUT2D eigenvalue weighted by Crippen LogP contribution is -2.47. The summed E-state index contributed by atoms with van der Waals surface area (Å²) in [6.45, 7) is 1.43. The molecule has 152 valence electrons. The Balaban J connectivity index is 1.74. The van der Waals surface area contributed by atoms with Crippen molar-refractivity contribution in [3.63, 3.8) is 0 Å². The summed E-state index contributed by atoms with van der Waals surface area (Å²) in [7, 11) is 1.93. The number of nitrogens with zero attached hydrogens (tertiary/aromatic N) is 4. The maximum absolute atomic E-state index is 13.2. The van der Waals surface area contributed by atoms with Crippen LogP contribution in [0.5, 0.6) is 0 Å². The molecule has 1 fully saturated rings. The van der Waals surface area contributed by atoms with Gasteiger partial charge in [0.25, 0.3) is 5.91 Å². The summed E-state index contributed by atoms with van der Waals surface area (Å²) in [6.07, 6.45) is 2.05. The van der Waals surface area contributed by atoms with E-state index in [9.17, 15) is 4.79 Å². The van der Waals surface area contributed by atoms with E-state index in [0.717, 1.165) is 40.8 Å². The molecule has 1 aromatic heterocycles. The Morgan fingerprint density at radius 3 is 2.60 bits per heavy atom. The van der Waals surface area contributed by atoms with Crippen molar-refractivity contribution >= 4 is 21.8 Å². The van der Waals surface area contributed by atoms with Crippen LogP contribution in [0.25, 0.3) is 16.9 Å². The van der Waals surface area contributed by atoms with E-state index in [0.29, 0.717) is 23.8 Å². The van der Waals surface area contributed by atoms with Crippen molar-refractivity contribution < 1.29 is 4.79 Å². The fourth-order valence-corrected chi connectivity index (χ4v) is 4.01. The lowest BCUT2D eigenvalue weighted by Gasteiger charge is -2.32. The molecule has 1 amide bonds. The van der Waals surface area contributed by atoms with E-state index < -0.39 is 0 Å². The molecule has 1 atom stereocenters. The van der Waals surface area contributed by atoms with Crippen molar-refractivity contribution in [2.75, 3.05) is 20.1 Å². The van der Waals surface area contributed by atoms with Gasteiger partial charge in [-0.25, -0.2) is 4.68 Å². The first-order chi connectivity index (χ1) is 14.6. The molecule has 1 aliphatic rings. The van der Waals surface area contributed by atoms with Gasteiger partial charge in [0.05, 0.1) is 23.0 Å². The van der Waals surface area contributed by atoms with E-state index in [1.165, 1.54) is 0 Å². The number of halogens is 1. The van der Waals surface area contributed by atoms with Gasteiger partial charge >= 0.3 is 0 Å². The molecular weight excluding hydrogens is 442 g/mol. The molecule has 0 aliphatic carbocycles. The van der Waals surface area contributed by atoms with E-state index >= 15 is 0 Å². The van der Waals surface area contributed by atoms with Crippen molar-refractivity contribution in [3.8, 4) is 23.0 Å². The molecule has 0 unspecified atom stereocenters. The van der Waals surface area contributed by atoms with Gasteiger partial charge in [0, 0.05) is 29.2 Å². The number of piperidine rings is 1. The minimum Gasteiger partial charge on any atom is -0.336 e. The lowest BCUT2D eigenvalue weighted by molar-refractivity contribution is 0.0691. The predicted octanol–water partition coefficient (Wildman–Crippen LogP) is 4.00. The molecule has 1 saturated heterocycles. The van der Waals surface area contributed by atoms with Gasteiger partial charge in [-0.2, -0.15) is 10.4 Å². The normalized spacial score (nSPS) is 16.3. The Kier molecular flexibility index (Phi) is 5.98. The minimum absolute atomic E-state index is 0.0549. The van der Waals surface area contributed by atoms with Crippen LogP contribution in [0.4, 0.5) is 0 Å². The van der Waals surface area contributed by atoms with Crippen LogP contribution in [-0.4, -0.2) is 46.8 Å². The maximum atomic E-state index is 13.2. The molecule has 1 N–H and O–H groups in total. The second-order valence-corrected chi connectivity index (χ2v) is 8.29. The predicted molar refractivity (Wildman–Crippen MR) is 119 cm³/mol. The zero-order valence-corrected chi connectivity index (χ0v) is 18.3. The molecule has 0 radical (unpaired) electrons. The molecule has 0 bridgehead atoms. The van der Waals surface area contributed by atoms with Crippen molar-refractivity contribution in [2.45, 2.75) is 18.9 Å². The Morgan fingerprint density at radius 2 is 1.93 bits per heavy atom. The smallest absolute Gasteiger partial charge is 0.274 e. The second kappa shape index (κ2) is 8.82. The third-order valence-electron chi connectivity index (χ3n) is 5.43. The van der Waals surface area contributed by atoms with Gasteiger partial charge in [0.2, 0.25) is 0 Å². The molecule has 0 spiro atoms. The topological polar surface area (TPSA) is 74.0 Å². The molecular formula is C23H22BrN5O. The zero-order chi connectivity index (χ0) is 21.1. The molecule has 0 saturated carbocycles. The van der Waals surface area contributed by atoms with E-state index in [1.54, 1.807) is 16.8 Å². The van der Waals surface area contributed by atoms with E-state index in [4.69, 9.17) is 5.26 Å². The highest BCUT2D eigenvalue weighted by atomic mass is 79.9. The first-order valence-electron chi connectivity index (χ1n) is 9.92. The highest BCUT2D eigenvalue weighted by molar-refractivity contribution is 9.10. The number of aromatic nitrogens is 2. The summed E-state index contributed by atoms with van der Waals surface area (Å²) in [5.41, 5.74) is 3.59. The lowest BCUT2D eigenvalue weighted by atomic mass is 10.1. The highest BCUT2D eigenvalue weighted by Crippen LogP contribution is 2.26. The molecule has 7 heteroatoms. The molecule has 3 aromatic rings. The van der Waals surface area contributed by atoms with Crippen LogP contribution in [-0.2, 0) is 0 Å². The number of nitriles is 1. The number of benzene rings is 2. The Labute approximate surface area is 184 Å². The average Bonchev–Trinajstić information content (AvgIpc) is 3.24. The summed E-state index contributed by atoms with van der Waals surface area (Å²) >= 11 is 3.46. The summed E-state index contributed by atoms with van der Waals surface area (Å²) in [6, 6.07) is 19.4. The van der Waals surface area contributed by atoms with E-state index in [-0.39, 0.29) is 5.91 Å². The third-order valence-corrected chi connectivity index (χ3v) is 5.95. The number of hydrogen-bond donors (Lipinski definition) is 1. The number of amides is 1. The maximum Gasteiger partial charge on any atom is 0.274 e. The van der Waals surface area contributed by atoms with Crippen molar-refractivity contribution in [1.29, 1.82) is 5.26 Å². The largest absolute Gasteiger partial charge is 0.336 e. The number of rotatable bonds is 4. The van der Waals surface area contributed by atoms with Crippen LogP contribution < -0.4 is 5.32 Å². The van der Waals surface area contributed by atoms with Gasteiger partial charge in [0.15, 0.2) is 5.69 Å². The number of likely N-dealkylation sites (N-methyl/N-ethyl adjacent to an activating group) is 1. The Morgan fingerprint density at radius 1 is 1.20 bits per heavy atom. The minimum atomic E-state index is -0.0549. The van der Waals surface area contributed by atoms with Crippen LogP contribution in [0.2, 0.25) is 0 Å². The van der Waals surface area contributed by atoms with Gasteiger partial charge in [-0.1, -0.05) is 28.1 Å². The molecule has 30 heavy (non-hydrogen) atoms. The van der Waals surface area contributed by atoms with Crippen LogP contribution >= 0.6 is 15.9 Å².